The average molecular weight is 291 g/mol. The van der Waals surface area contributed by atoms with E-state index < -0.39 is 0 Å². The summed E-state index contributed by atoms with van der Waals surface area (Å²) in [5, 5.41) is 3.35. The third kappa shape index (κ3) is 3.71. The third-order valence-electron chi connectivity index (χ3n) is 3.38. The first-order valence-corrected chi connectivity index (χ1v) is 7.23. The van der Waals surface area contributed by atoms with Crippen LogP contribution < -0.4 is 5.32 Å². The fraction of sp³-hybridized carbons (Fsp3) is 0.412. The highest BCUT2D eigenvalue weighted by molar-refractivity contribution is 5.32. The number of halogens is 1. The van der Waals surface area contributed by atoms with E-state index in [1.807, 2.05) is 18.2 Å². The fourth-order valence-corrected chi connectivity index (χ4v) is 2.32. The summed E-state index contributed by atoms with van der Waals surface area (Å²) in [6.07, 6.45) is 0.968. The van der Waals surface area contributed by atoms with Crippen LogP contribution in [0, 0.1) is 12.7 Å². The summed E-state index contributed by atoms with van der Waals surface area (Å²) in [4.78, 5) is 0. The number of methoxy groups -OCH3 is 1. The number of nitrogens with one attached hydrogen (secondary N) is 1. The second-order valence-electron chi connectivity index (χ2n) is 5.10. The van der Waals surface area contributed by atoms with Gasteiger partial charge >= 0.3 is 0 Å². The highest BCUT2D eigenvalue weighted by Crippen LogP contribution is 2.27. The van der Waals surface area contributed by atoms with E-state index in [4.69, 9.17) is 9.15 Å². The summed E-state index contributed by atoms with van der Waals surface area (Å²) in [5.74, 6) is 1.26. The molecule has 3 nitrogen and oxygen atoms in total. The Morgan fingerprint density at radius 2 is 2.10 bits per heavy atom. The maximum absolute atomic E-state index is 14.4. The Morgan fingerprint density at radius 1 is 1.29 bits per heavy atom. The van der Waals surface area contributed by atoms with Crippen LogP contribution in [0.5, 0.6) is 0 Å². The Hall–Kier alpha value is -1.65. The molecule has 1 unspecified atom stereocenters. The number of aryl methyl sites for hydroxylation is 1. The van der Waals surface area contributed by atoms with Crippen molar-refractivity contribution < 1.29 is 13.5 Å². The summed E-state index contributed by atoms with van der Waals surface area (Å²) >= 11 is 0. The number of hydrogen-bond acceptors (Lipinski definition) is 3. The predicted octanol–water partition coefficient (Wildman–Crippen LogP) is 3.96. The van der Waals surface area contributed by atoms with Crippen molar-refractivity contribution in [3.8, 4) is 0 Å². The van der Waals surface area contributed by atoms with E-state index in [9.17, 15) is 4.39 Å². The van der Waals surface area contributed by atoms with Crippen LogP contribution in [-0.4, -0.2) is 13.7 Å². The molecule has 0 saturated carbocycles. The molecule has 1 atom stereocenters. The molecule has 0 bridgehead atoms. The van der Waals surface area contributed by atoms with E-state index in [1.54, 1.807) is 26.2 Å². The molecule has 1 heterocycles. The van der Waals surface area contributed by atoms with Gasteiger partial charge in [0, 0.05) is 12.7 Å². The summed E-state index contributed by atoms with van der Waals surface area (Å²) in [5.41, 5.74) is 1.25. The molecular formula is C17H22FNO2. The van der Waals surface area contributed by atoms with Gasteiger partial charge in [0.1, 0.15) is 23.9 Å². The Morgan fingerprint density at radius 3 is 2.81 bits per heavy atom. The van der Waals surface area contributed by atoms with Gasteiger partial charge in [-0.3, -0.25) is 0 Å². The van der Waals surface area contributed by atoms with Crippen LogP contribution in [0.25, 0.3) is 0 Å². The van der Waals surface area contributed by atoms with Gasteiger partial charge in [0.05, 0.1) is 6.04 Å². The first kappa shape index (κ1) is 15.7. The van der Waals surface area contributed by atoms with Gasteiger partial charge in [0.2, 0.25) is 0 Å². The molecule has 0 amide bonds. The van der Waals surface area contributed by atoms with Crippen molar-refractivity contribution in [2.24, 2.45) is 0 Å². The van der Waals surface area contributed by atoms with E-state index in [0.29, 0.717) is 23.5 Å². The van der Waals surface area contributed by atoms with Crippen LogP contribution in [0.1, 0.15) is 42.0 Å². The molecule has 0 aliphatic heterocycles. The van der Waals surface area contributed by atoms with E-state index in [-0.39, 0.29) is 11.9 Å². The van der Waals surface area contributed by atoms with Gasteiger partial charge in [-0.1, -0.05) is 25.1 Å². The standard InChI is InChI=1S/C17H22FNO2/c1-4-10-19-17(14-7-5-6-12(2)16(14)18)15-9-8-13(21-15)11-20-3/h5-9,17,19H,4,10-11H2,1-3H3. The second-order valence-corrected chi connectivity index (χ2v) is 5.10. The lowest BCUT2D eigenvalue weighted by molar-refractivity contribution is 0.162. The number of rotatable bonds is 7. The topological polar surface area (TPSA) is 34.4 Å². The Labute approximate surface area is 125 Å². The van der Waals surface area contributed by atoms with E-state index >= 15 is 0 Å². The van der Waals surface area contributed by atoms with E-state index in [2.05, 4.69) is 12.2 Å². The first-order valence-electron chi connectivity index (χ1n) is 7.23. The first-order chi connectivity index (χ1) is 10.2. The smallest absolute Gasteiger partial charge is 0.131 e. The maximum Gasteiger partial charge on any atom is 0.131 e. The zero-order valence-electron chi connectivity index (χ0n) is 12.8. The Kier molecular flexibility index (Phi) is 5.53. The molecule has 0 radical (unpaired) electrons. The molecule has 4 heteroatoms. The molecule has 0 saturated heterocycles. The number of benzene rings is 1. The van der Waals surface area contributed by atoms with Crippen LogP contribution in [0.3, 0.4) is 0 Å². The van der Waals surface area contributed by atoms with Crippen molar-refractivity contribution in [1.82, 2.24) is 5.32 Å². The zero-order chi connectivity index (χ0) is 15.2. The molecule has 0 aliphatic rings. The third-order valence-corrected chi connectivity index (χ3v) is 3.38. The molecule has 2 rings (SSSR count). The summed E-state index contributed by atoms with van der Waals surface area (Å²) in [6.45, 7) is 5.05. The average Bonchev–Trinajstić information content (AvgIpc) is 2.92. The van der Waals surface area contributed by atoms with Crippen molar-refractivity contribution in [2.75, 3.05) is 13.7 Å². The lowest BCUT2D eigenvalue weighted by Gasteiger charge is -2.18. The SMILES string of the molecule is CCCNC(c1ccc(COC)o1)c1cccc(C)c1F. The van der Waals surface area contributed by atoms with Gasteiger partial charge < -0.3 is 14.5 Å². The van der Waals surface area contributed by atoms with Crippen molar-refractivity contribution in [1.29, 1.82) is 0 Å². The summed E-state index contributed by atoms with van der Waals surface area (Å²) in [6, 6.07) is 8.90. The minimum absolute atomic E-state index is 0.184. The van der Waals surface area contributed by atoms with E-state index in [0.717, 1.165) is 18.7 Å². The molecule has 0 aliphatic carbocycles. The molecule has 1 N–H and O–H groups in total. The normalized spacial score (nSPS) is 12.6. The van der Waals surface area contributed by atoms with Crippen LogP contribution in [0.2, 0.25) is 0 Å². The van der Waals surface area contributed by atoms with Crippen LogP contribution in [-0.2, 0) is 11.3 Å². The number of furan rings is 1. The van der Waals surface area contributed by atoms with Crippen molar-refractivity contribution in [3.63, 3.8) is 0 Å². The highest BCUT2D eigenvalue weighted by Gasteiger charge is 2.21. The van der Waals surface area contributed by atoms with Gasteiger partial charge in [-0.25, -0.2) is 4.39 Å². The monoisotopic (exact) mass is 291 g/mol. The second kappa shape index (κ2) is 7.38. The number of hydrogen-bond donors (Lipinski definition) is 1. The van der Waals surface area contributed by atoms with Crippen LogP contribution >= 0.6 is 0 Å². The van der Waals surface area contributed by atoms with Crippen molar-refractivity contribution in [3.05, 3.63) is 58.8 Å². The molecular weight excluding hydrogens is 269 g/mol. The van der Waals surface area contributed by atoms with Crippen LogP contribution in [0.15, 0.2) is 34.7 Å². The summed E-state index contributed by atoms with van der Waals surface area (Å²) in [7, 11) is 1.62. The zero-order valence-corrected chi connectivity index (χ0v) is 12.8. The van der Waals surface area contributed by atoms with Gasteiger partial charge in [-0.15, -0.1) is 0 Å². The van der Waals surface area contributed by atoms with Gasteiger partial charge in [0.15, 0.2) is 0 Å². The maximum atomic E-state index is 14.4. The minimum atomic E-state index is -0.282. The van der Waals surface area contributed by atoms with Gasteiger partial charge in [-0.2, -0.15) is 0 Å². The van der Waals surface area contributed by atoms with Crippen molar-refractivity contribution >= 4 is 0 Å². The molecule has 1 aromatic carbocycles. The minimum Gasteiger partial charge on any atom is -0.462 e. The largest absolute Gasteiger partial charge is 0.462 e. The summed E-state index contributed by atoms with van der Waals surface area (Å²) < 4.78 is 25.3. The molecule has 2 aromatic rings. The molecule has 0 spiro atoms. The quantitative estimate of drug-likeness (QED) is 0.838. The molecule has 114 valence electrons. The predicted molar refractivity (Wildman–Crippen MR) is 80.7 cm³/mol. The Bertz CT molecular complexity index is 580. The molecule has 0 fully saturated rings. The van der Waals surface area contributed by atoms with Crippen LogP contribution in [0.4, 0.5) is 4.39 Å². The Balaban J connectivity index is 2.34. The number of ether oxygens (including phenoxy) is 1. The van der Waals surface area contributed by atoms with E-state index in [1.165, 1.54) is 0 Å². The lowest BCUT2D eigenvalue weighted by atomic mass is 10.0. The molecule has 1 aromatic heterocycles. The highest BCUT2D eigenvalue weighted by atomic mass is 19.1. The fourth-order valence-electron chi connectivity index (χ4n) is 2.32. The van der Waals surface area contributed by atoms with Gasteiger partial charge in [0.25, 0.3) is 0 Å². The molecule has 21 heavy (non-hydrogen) atoms. The van der Waals surface area contributed by atoms with Gasteiger partial charge in [-0.05, 0) is 37.6 Å². The lowest BCUT2D eigenvalue weighted by Crippen LogP contribution is -2.24. The van der Waals surface area contributed by atoms with Crippen molar-refractivity contribution in [2.45, 2.75) is 32.9 Å².